The number of ether oxygens (including phenoxy) is 2. The first kappa shape index (κ1) is 23.0. The molecule has 1 aliphatic heterocycles. The molecule has 0 aromatic carbocycles. The molecule has 0 amide bonds. The number of rotatable bonds is 16. The van der Waals surface area contributed by atoms with Crippen molar-refractivity contribution in [2.75, 3.05) is 20.3 Å². The van der Waals surface area contributed by atoms with Crippen LogP contribution in [0.3, 0.4) is 0 Å². The number of nitrogens with one attached hydrogen (secondary N) is 1. The first-order chi connectivity index (χ1) is 12.3. The molecule has 0 aromatic rings. The third kappa shape index (κ3) is 12.0. The van der Waals surface area contributed by atoms with Crippen LogP contribution >= 0.6 is 0 Å². The summed E-state index contributed by atoms with van der Waals surface area (Å²) in [7, 11) is 3.94. The molecule has 0 aliphatic carbocycles. The smallest absolute Gasteiger partial charge is 0.139 e. The standard InChI is InChI=1S/C21H44BNO2/c1-3-4-5-6-7-8-9-10-11-12-13-14-17-23-19-15-16-21(22)25-20(19)18-24-2/h19-21,23H,3-18,22H2,1-2H3/t19?,20-,21-/m1/s1. The van der Waals surface area contributed by atoms with Gasteiger partial charge in [-0.2, -0.15) is 0 Å². The Morgan fingerprint density at radius 3 is 2.00 bits per heavy atom. The molecule has 0 bridgehead atoms. The van der Waals surface area contributed by atoms with E-state index in [9.17, 15) is 0 Å². The van der Waals surface area contributed by atoms with Crippen molar-refractivity contribution in [1.82, 2.24) is 5.32 Å². The molecule has 1 unspecified atom stereocenters. The molecular weight excluding hydrogens is 309 g/mol. The van der Waals surface area contributed by atoms with E-state index in [-0.39, 0.29) is 6.10 Å². The lowest BCUT2D eigenvalue weighted by atomic mass is 9.88. The molecule has 3 atom stereocenters. The van der Waals surface area contributed by atoms with E-state index in [1.54, 1.807) is 7.11 Å². The molecule has 1 aliphatic rings. The van der Waals surface area contributed by atoms with Gasteiger partial charge in [0.1, 0.15) is 7.85 Å². The largest absolute Gasteiger partial charge is 0.382 e. The second-order valence-electron chi connectivity index (χ2n) is 7.97. The Balaban J connectivity index is 1.88. The minimum atomic E-state index is 0.228. The van der Waals surface area contributed by atoms with Gasteiger partial charge in [0.05, 0.1) is 12.7 Å². The highest BCUT2D eigenvalue weighted by atomic mass is 16.5. The fraction of sp³-hybridized carbons (Fsp3) is 1.00. The molecule has 25 heavy (non-hydrogen) atoms. The lowest BCUT2D eigenvalue weighted by Gasteiger charge is -2.35. The Kier molecular flexibility index (Phi) is 14.8. The van der Waals surface area contributed by atoms with Crippen molar-refractivity contribution in [2.45, 2.75) is 115 Å². The molecule has 1 fully saturated rings. The molecular formula is C21H44BNO2. The Labute approximate surface area is 158 Å². The molecule has 4 heteroatoms. The maximum absolute atomic E-state index is 6.02. The quantitative estimate of drug-likeness (QED) is 0.329. The van der Waals surface area contributed by atoms with E-state index in [1.165, 1.54) is 83.5 Å². The maximum Gasteiger partial charge on any atom is 0.139 e. The van der Waals surface area contributed by atoms with Crippen LogP contribution in [0, 0.1) is 0 Å². The molecule has 148 valence electrons. The first-order valence-electron chi connectivity index (χ1n) is 11.2. The summed E-state index contributed by atoms with van der Waals surface area (Å²) in [4.78, 5) is 0. The zero-order chi connectivity index (χ0) is 18.2. The van der Waals surface area contributed by atoms with E-state index in [1.807, 2.05) is 0 Å². The highest BCUT2D eigenvalue weighted by Gasteiger charge is 2.28. The average molecular weight is 353 g/mol. The van der Waals surface area contributed by atoms with Crippen LogP contribution in [0.25, 0.3) is 0 Å². The van der Waals surface area contributed by atoms with Crippen LogP contribution in [0.2, 0.25) is 0 Å². The summed E-state index contributed by atoms with van der Waals surface area (Å²) in [6.45, 7) is 4.12. The number of methoxy groups -OCH3 is 1. The molecule has 0 aromatic heterocycles. The van der Waals surface area contributed by atoms with Gasteiger partial charge in [-0.1, -0.05) is 77.6 Å². The van der Waals surface area contributed by atoms with E-state index in [2.05, 4.69) is 20.1 Å². The van der Waals surface area contributed by atoms with Crippen LogP contribution in [0.1, 0.15) is 96.8 Å². The predicted molar refractivity (Wildman–Crippen MR) is 111 cm³/mol. The monoisotopic (exact) mass is 353 g/mol. The molecule has 3 nitrogen and oxygen atoms in total. The lowest BCUT2D eigenvalue weighted by Crippen LogP contribution is -2.49. The van der Waals surface area contributed by atoms with E-state index < -0.39 is 0 Å². The lowest BCUT2D eigenvalue weighted by molar-refractivity contribution is -0.0658. The van der Waals surface area contributed by atoms with Gasteiger partial charge in [-0.25, -0.2) is 0 Å². The SMILES string of the molecule is B[C@H]1CCC(NCCCCCCCCCCCCCC)[C@@H](COC)O1. The van der Waals surface area contributed by atoms with Gasteiger partial charge in [0.2, 0.25) is 0 Å². The van der Waals surface area contributed by atoms with Crippen molar-refractivity contribution in [3.8, 4) is 0 Å². The van der Waals surface area contributed by atoms with Gasteiger partial charge in [-0.15, -0.1) is 0 Å². The fourth-order valence-electron chi connectivity index (χ4n) is 3.87. The van der Waals surface area contributed by atoms with E-state index in [0.29, 0.717) is 18.7 Å². The highest BCUT2D eigenvalue weighted by molar-refractivity contribution is 6.11. The highest BCUT2D eigenvalue weighted by Crippen LogP contribution is 2.18. The van der Waals surface area contributed by atoms with Crippen molar-refractivity contribution in [3.05, 3.63) is 0 Å². The fourth-order valence-corrected chi connectivity index (χ4v) is 3.87. The zero-order valence-electron chi connectivity index (χ0n) is 17.4. The average Bonchev–Trinajstić information content (AvgIpc) is 2.61. The van der Waals surface area contributed by atoms with Gasteiger partial charge >= 0.3 is 0 Å². The summed E-state index contributed by atoms with van der Waals surface area (Å²) >= 11 is 0. The van der Waals surface area contributed by atoms with Crippen molar-refractivity contribution in [3.63, 3.8) is 0 Å². The Morgan fingerprint density at radius 1 is 0.880 bits per heavy atom. The van der Waals surface area contributed by atoms with Crippen molar-refractivity contribution < 1.29 is 9.47 Å². The van der Waals surface area contributed by atoms with E-state index in [0.717, 1.165) is 13.0 Å². The normalized spacial score (nSPS) is 23.8. The molecule has 0 spiro atoms. The minimum absolute atomic E-state index is 0.228. The minimum Gasteiger partial charge on any atom is -0.382 e. The number of unbranched alkanes of at least 4 members (excludes halogenated alkanes) is 11. The van der Waals surface area contributed by atoms with Gasteiger partial charge in [-0.05, 0) is 25.8 Å². The van der Waals surface area contributed by atoms with Crippen molar-refractivity contribution in [1.29, 1.82) is 0 Å². The summed E-state index contributed by atoms with van der Waals surface area (Å²) in [5.74, 6) is 0. The van der Waals surface area contributed by atoms with Gasteiger partial charge < -0.3 is 14.8 Å². The summed E-state index contributed by atoms with van der Waals surface area (Å²) < 4.78 is 11.3. The molecule has 0 radical (unpaired) electrons. The summed E-state index contributed by atoms with van der Waals surface area (Å²) in [6, 6.07) is 0.855. The van der Waals surface area contributed by atoms with Crippen LogP contribution in [-0.2, 0) is 9.47 Å². The summed E-state index contributed by atoms with van der Waals surface area (Å²) in [5.41, 5.74) is 0. The summed E-state index contributed by atoms with van der Waals surface area (Å²) in [5, 5.41) is 3.71. The van der Waals surface area contributed by atoms with Crippen LogP contribution in [-0.4, -0.2) is 46.3 Å². The Hall–Kier alpha value is -0.0551. The third-order valence-electron chi connectivity index (χ3n) is 5.51. The van der Waals surface area contributed by atoms with Crippen molar-refractivity contribution >= 4 is 7.85 Å². The molecule has 1 rings (SSSR count). The summed E-state index contributed by atoms with van der Waals surface area (Å²) in [6.07, 6.45) is 19.5. The number of hydrogen-bond donors (Lipinski definition) is 1. The predicted octanol–water partition coefficient (Wildman–Crippen LogP) is 4.43. The topological polar surface area (TPSA) is 30.5 Å². The van der Waals surface area contributed by atoms with Gasteiger partial charge in [-0.3, -0.25) is 0 Å². The first-order valence-corrected chi connectivity index (χ1v) is 11.2. The third-order valence-corrected chi connectivity index (χ3v) is 5.51. The van der Waals surface area contributed by atoms with E-state index >= 15 is 0 Å². The molecule has 1 N–H and O–H groups in total. The Morgan fingerprint density at radius 2 is 1.44 bits per heavy atom. The van der Waals surface area contributed by atoms with E-state index in [4.69, 9.17) is 9.47 Å². The molecule has 1 heterocycles. The van der Waals surface area contributed by atoms with Gasteiger partial charge in [0.15, 0.2) is 0 Å². The Bertz CT molecular complexity index is 291. The van der Waals surface area contributed by atoms with Crippen LogP contribution in [0.5, 0.6) is 0 Å². The van der Waals surface area contributed by atoms with Crippen LogP contribution in [0.15, 0.2) is 0 Å². The van der Waals surface area contributed by atoms with Gasteiger partial charge in [0.25, 0.3) is 0 Å². The van der Waals surface area contributed by atoms with Crippen LogP contribution in [0.4, 0.5) is 0 Å². The molecule has 0 saturated carbocycles. The molecule has 1 saturated heterocycles. The second kappa shape index (κ2) is 16.1. The van der Waals surface area contributed by atoms with Gasteiger partial charge in [0, 0.05) is 19.2 Å². The van der Waals surface area contributed by atoms with Crippen LogP contribution < -0.4 is 5.32 Å². The second-order valence-corrected chi connectivity index (χ2v) is 7.97. The zero-order valence-corrected chi connectivity index (χ0v) is 17.4. The number of hydrogen-bond acceptors (Lipinski definition) is 3. The maximum atomic E-state index is 6.02. The van der Waals surface area contributed by atoms with Crippen molar-refractivity contribution in [2.24, 2.45) is 0 Å².